The van der Waals surface area contributed by atoms with E-state index in [0.717, 1.165) is 67.5 Å². The maximum Gasteiger partial charge on any atom is 0.251 e. The number of ether oxygens (including phenoxy) is 2. The third kappa shape index (κ3) is 7.48. The molecule has 202 valence electrons. The van der Waals surface area contributed by atoms with E-state index in [2.05, 4.69) is 57.4 Å². The Bertz CT molecular complexity index is 1190. The van der Waals surface area contributed by atoms with Gasteiger partial charge in [-0.15, -0.1) is 0 Å². The van der Waals surface area contributed by atoms with Crippen LogP contribution in [0.15, 0.2) is 60.9 Å². The number of nitrogens with one attached hydrogen (secondary N) is 1. The average Bonchev–Trinajstić information content (AvgIpc) is 2.92. The van der Waals surface area contributed by atoms with Crippen molar-refractivity contribution >= 4 is 11.6 Å². The summed E-state index contributed by atoms with van der Waals surface area (Å²) in [6.45, 7) is 14.1. The first-order valence-electron chi connectivity index (χ1n) is 13.7. The minimum absolute atomic E-state index is 0.00772. The van der Waals surface area contributed by atoms with Crippen molar-refractivity contribution in [2.75, 3.05) is 44.2 Å². The van der Waals surface area contributed by atoms with Gasteiger partial charge in [-0.2, -0.15) is 0 Å². The quantitative estimate of drug-likeness (QED) is 0.368. The first-order chi connectivity index (χ1) is 18.4. The molecule has 1 amide bonds. The summed E-state index contributed by atoms with van der Waals surface area (Å²) in [7, 11) is 0. The number of piperazine rings is 1. The van der Waals surface area contributed by atoms with E-state index < -0.39 is 0 Å². The Balaban J connectivity index is 1.42. The van der Waals surface area contributed by atoms with Crippen molar-refractivity contribution in [1.29, 1.82) is 0 Å². The predicted octanol–water partition coefficient (Wildman–Crippen LogP) is 5.40. The van der Waals surface area contributed by atoms with Crippen LogP contribution in [0.3, 0.4) is 0 Å². The molecular weight excluding hydrogens is 476 g/mol. The Kier molecular flexibility index (Phi) is 9.60. The van der Waals surface area contributed by atoms with Gasteiger partial charge in [-0.1, -0.05) is 6.92 Å². The lowest BCUT2D eigenvalue weighted by Gasteiger charge is -2.36. The minimum Gasteiger partial charge on any atom is -0.492 e. The molecule has 7 heteroatoms. The standard InChI is InChI=1S/C31H40N4O3/c1-5-11-33-31(36)25-7-9-28(10-8-25)35-14-12-34(13-15-35)22-24-16-26(18-29(17-24)38-23(3)4)27-19-30(37-6-2)21-32-20-27/h7-10,16-21,23H,5-6,11-15,22H2,1-4H3,(H,33,36). The van der Waals surface area contributed by atoms with Gasteiger partial charge in [0.2, 0.25) is 0 Å². The van der Waals surface area contributed by atoms with E-state index in [-0.39, 0.29) is 12.0 Å². The number of carbonyl (C=O) groups is 1. The maximum absolute atomic E-state index is 12.2. The molecule has 1 aliphatic rings. The number of aromatic nitrogens is 1. The maximum atomic E-state index is 12.2. The van der Waals surface area contributed by atoms with Gasteiger partial charge in [0, 0.05) is 62.3 Å². The molecule has 38 heavy (non-hydrogen) atoms. The van der Waals surface area contributed by atoms with Gasteiger partial charge in [-0.25, -0.2) is 0 Å². The lowest BCUT2D eigenvalue weighted by Crippen LogP contribution is -2.46. The molecule has 7 nitrogen and oxygen atoms in total. The first-order valence-corrected chi connectivity index (χ1v) is 13.7. The van der Waals surface area contributed by atoms with Crippen LogP contribution in [-0.4, -0.2) is 61.2 Å². The van der Waals surface area contributed by atoms with Crippen LogP contribution in [-0.2, 0) is 6.54 Å². The Morgan fingerprint density at radius 1 is 0.947 bits per heavy atom. The number of nitrogens with zero attached hydrogens (tertiary/aromatic N) is 3. The van der Waals surface area contributed by atoms with Gasteiger partial charge < -0.3 is 19.7 Å². The van der Waals surface area contributed by atoms with Gasteiger partial charge in [0.25, 0.3) is 5.91 Å². The Morgan fingerprint density at radius 2 is 1.68 bits per heavy atom. The zero-order chi connectivity index (χ0) is 26.9. The minimum atomic E-state index is -0.00772. The lowest BCUT2D eigenvalue weighted by molar-refractivity contribution is 0.0953. The van der Waals surface area contributed by atoms with Crippen LogP contribution in [0.25, 0.3) is 11.1 Å². The summed E-state index contributed by atoms with van der Waals surface area (Å²) >= 11 is 0. The van der Waals surface area contributed by atoms with Gasteiger partial charge in [-0.05, 0) is 86.8 Å². The number of rotatable bonds is 11. The average molecular weight is 517 g/mol. The summed E-state index contributed by atoms with van der Waals surface area (Å²) in [5.41, 5.74) is 5.18. The summed E-state index contributed by atoms with van der Waals surface area (Å²) in [4.78, 5) is 21.4. The van der Waals surface area contributed by atoms with E-state index in [0.29, 0.717) is 18.7 Å². The highest BCUT2D eigenvalue weighted by Crippen LogP contribution is 2.29. The molecule has 1 aliphatic heterocycles. The van der Waals surface area contributed by atoms with Crippen LogP contribution < -0.4 is 19.7 Å². The van der Waals surface area contributed by atoms with Gasteiger partial charge in [-0.3, -0.25) is 14.7 Å². The van der Waals surface area contributed by atoms with Crippen LogP contribution in [0.2, 0.25) is 0 Å². The van der Waals surface area contributed by atoms with E-state index in [1.165, 1.54) is 5.56 Å². The summed E-state index contributed by atoms with van der Waals surface area (Å²) in [6.07, 6.45) is 4.65. The Morgan fingerprint density at radius 3 is 2.37 bits per heavy atom. The van der Waals surface area contributed by atoms with E-state index in [1.54, 1.807) is 6.20 Å². The zero-order valence-corrected chi connectivity index (χ0v) is 23.1. The number of anilines is 1. The Hall–Kier alpha value is -3.58. The molecule has 0 unspecified atom stereocenters. The molecule has 0 radical (unpaired) electrons. The highest BCUT2D eigenvalue weighted by Gasteiger charge is 2.19. The van der Waals surface area contributed by atoms with Crippen molar-refractivity contribution in [3.63, 3.8) is 0 Å². The fourth-order valence-corrected chi connectivity index (χ4v) is 4.67. The first kappa shape index (κ1) is 27.5. The van der Waals surface area contributed by atoms with E-state index in [4.69, 9.17) is 9.47 Å². The molecule has 3 aromatic rings. The van der Waals surface area contributed by atoms with Gasteiger partial charge in [0.1, 0.15) is 11.5 Å². The number of hydrogen-bond acceptors (Lipinski definition) is 6. The molecule has 0 atom stereocenters. The number of pyridine rings is 1. The summed E-state index contributed by atoms with van der Waals surface area (Å²) in [5.74, 6) is 1.63. The molecule has 1 N–H and O–H groups in total. The van der Waals surface area contributed by atoms with Gasteiger partial charge >= 0.3 is 0 Å². The normalized spacial score (nSPS) is 14.0. The highest BCUT2D eigenvalue weighted by molar-refractivity contribution is 5.94. The van der Waals surface area contributed by atoms with Crippen molar-refractivity contribution < 1.29 is 14.3 Å². The van der Waals surface area contributed by atoms with Gasteiger partial charge in [0.05, 0.1) is 18.9 Å². The number of amides is 1. The van der Waals surface area contributed by atoms with Crippen LogP contribution in [0.1, 0.15) is 50.0 Å². The van der Waals surface area contributed by atoms with Crippen LogP contribution in [0.5, 0.6) is 11.5 Å². The third-order valence-electron chi connectivity index (χ3n) is 6.50. The van der Waals surface area contributed by atoms with E-state index in [9.17, 15) is 4.79 Å². The topological polar surface area (TPSA) is 66.9 Å². The monoisotopic (exact) mass is 516 g/mol. The second-order valence-corrected chi connectivity index (χ2v) is 9.94. The number of carbonyl (C=O) groups excluding carboxylic acids is 1. The molecule has 1 fully saturated rings. The fourth-order valence-electron chi connectivity index (χ4n) is 4.67. The molecule has 0 spiro atoms. The largest absolute Gasteiger partial charge is 0.492 e. The van der Waals surface area contributed by atoms with E-state index >= 15 is 0 Å². The molecule has 1 saturated heterocycles. The molecule has 0 aliphatic carbocycles. The Labute approximate surface area is 226 Å². The summed E-state index contributed by atoms with van der Waals surface area (Å²) in [6, 6.07) is 16.5. The van der Waals surface area contributed by atoms with Gasteiger partial charge in [0.15, 0.2) is 0 Å². The second-order valence-electron chi connectivity index (χ2n) is 9.94. The zero-order valence-electron chi connectivity index (χ0n) is 23.1. The van der Waals surface area contributed by atoms with Crippen LogP contribution in [0.4, 0.5) is 5.69 Å². The summed E-state index contributed by atoms with van der Waals surface area (Å²) in [5, 5.41) is 2.94. The lowest BCUT2D eigenvalue weighted by atomic mass is 10.0. The predicted molar refractivity (Wildman–Crippen MR) is 153 cm³/mol. The van der Waals surface area contributed by atoms with Crippen molar-refractivity contribution in [1.82, 2.24) is 15.2 Å². The molecule has 0 bridgehead atoms. The number of benzene rings is 2. The molecule has 0 saturated carbocycles. The molecule has 2 heterocycles. The molecular formula is C31H40N4O3. The molecule has 4 rings (SSSR count). The van der Waals surface area contributed by atoms with Crippen molar-refractivity contribution in [2.45, 2.75) is 46.8 Å². The summed E-state index contributed by atoms with van der Waals surface area (Å²) < 4.78 is 11.8. The fraction of sp³-hybridized carbons (Fsp3) is 0.419. The third-order valence-corrected chi connectivity index (χ3v) is 6.50. The second kappa shape index (κ2) is 13.3. The highest BCUT2D eigenvalue weighted by atomic mass is 16.5. The molecule has 1 aromatic heterocycles. The van der Waals surface area contributed by atoms with Crippen LogP contribution >= 0.6 is 0 Å². The van der Waals surface area contributed by atoms with Crippen molar-refractivity contribution in [2.24, 2.45) is 0 Å². The SMILES string of the molecule is CCCNC(=O)c1ccc(N2CCN(Cc3cc(OC(C)C)cc(-c4cncc(OCC)c4)c3)CC2)cc1. The van der Waals surface area contributed by atoms with Crippen molar-refractivity contribution in [3.8, 4) is 22.6 Å². The molecule has 2 aromatic carbocycles. The smallest absolute Gasteiger partial charge is 0.251 e. The van der Waals surface area contributed by atoms with Crippen LogP contribution in [0, 0.1) is 0 Å². The van der Waals surface area contributed by atoms with Crippen molar-refractivity contribution in [3.05, 3.63) is 72.1 Å². The van der Waals surface area contributed by atoms with E-state index in [1.807, 2.05) is 45.2 Å². The number of hydrogen-bond donors (Lipinski definition) is 1.